The van der Waals surface area contributed by atoms with Crippen LogP contribution in [-0.2, 0) is 4.79 Å². The van der Waals surface area contributed by atoms with Crippen LogP contribution < -0.4 is 0 Å². The molecular weight excluding hydrogens is 214 g/mol. The van der Waals surface area contributed by atoms with Gasteiger partial charge in [0.05, 0.1) is 5.41 Å². The second-order valence-electron chi connectivity index (χ2n) is 6.01. The minimum Gasteiger partial charge on any atom is -0.481 e. The zero-order valence-electron chi connectivity index (χ0n) is 11.5. The van der Waals surface area contributed by atoms with Crippen LogP contribution >= 0.6 is 0 Å². The first-order valence-corrected chi connectivity index (χ1v) is 6.91. The van der Waals surface area contributed by atoms with Gasteiger partial charge in [-0.05, 0) is 58.5 Å². The second kappa shape index (κ2) is 6.39. The Morgan fingerprint density at radius 3 is 2.76 bits per heavy atom. The lowest BCUT2D eigenvalue weighted by atomic mass is 9.87. The zero-order chi connectivity index (χ0) is 12.9. The highest BCUT2D eigenvalue weighted by atomic mass is 16.4. The predicted molar refractivity (Wildman–Crippen MR) is 70.1 cm³/mol. The predicted octanol–water partition coefficient (Wildman–Crippen LogP) is 3.00. The quantitative estimate of drug-likeness (QED) is 0.777. The van der Waals surface area contributed by atoms with Crippen molar-refractivity contribution in [3.05, 3.63) is 0 Å². The molecule has 1 aliphatic heterocycles. The molecular formula is C14H27NO2. The van der Waals surface area contributed by atoms with Crippen LogP contribution in [0.3, 0.4) is 0 Å². The number of aliphatic carboxylic acids is 1. The summed E-state index contributed by atoms with van der Waals surface area (Å²) in [4.78, 5) is 13.5. The lowest BCUT2D eigenvalue weighted by Crippen LogP contribution is -2.36. The number of piperidine rings is 1. The lowest BCUT2D eigenvalue weighted by molar-refractivity contribution is -0.147. The number of carboxylic acid groups (broad SMARTS) is 1. The topological polar surface area (TPSA) is 40.5 Å². The van der Waals surface area contributed by atoms with Crippen LogP contribution in [0.2, 0.25) is 0 Å². The average Bonchev–Trinajstić information content (AvgIpc) is 2.29. The fourth-order valence-electron chi connectivity index (χ4n) is 2.54. The summed E-state index contributed by atoms with van der Waals surface area (Å²) in [5.41, 5.74) is -0.569. The normalized spacial score (nSPS) is 22.6. The minimum absolute atomic E-state index is 0.569. The molecule has 0 amide bonds. The van der Waals surface area contributed by atoms with Crippen LogP contribution in [0.4, 0.5) is 0 Å². The molecule has 100 valence electrons. The summed E-state index contributed by atoms with van der Waals surface area (Å²) in [5.74, 6) is 0.179. The molecule has 17 heavy (non-hydrogen) atoms. The summed E-state index contributed by atoms with van der Waals surface area (Å²) in [7, 11) is 0. The first-order chi connectivity index (χ1) is 7.95. The van der Waals surface area contributed by atoms with E-state index in [4.69, 9.17) is 5.11 Å². The molecule has 1 heterocycles. The van der Waals surface area contributed by atoms with Gasteiger partial charge in [-0.3, -0.25) is 4.79 Å². The molecule has 1 fully saturated rings. The monoisotopic (exact) mass is 241 g/mol. The van der Waals surface area contributed by atoms with E-state index in [2.05, 4.69) is 11.8 Å². The van der Waals surface area contributed by atoms with E-state index in [0.29, 0.717) is 0 Å². The van der Waals surface area contributed by atoms with Crippen molar-refractivity contribution < 1.29 is 9.90 Å². The molecule has 3 nitrogen and oxygen atoms in total. The van der Waals surface area contributed by atoms with Gasteiger partial charge in [-0.25, -0.2) is 0 Å². The van der Waals surface area contributed by atoms with E-state index >= 15 is 0 Å². The fraction of sp³-hybridized carbons (Fsp3) is 0.929. The van der Waals surface area contributed by atoms with Crippen LogP contribution in [-0.4, -0.2) is 35.6 Å². The minimum atomic E-state index is -0.678. The molecule has 1 saturated heterocycles. The van der Waals surface area contributed by atoms with Crippen molar-refractivity contribution in [1.82, 2.24) is 4.90 Å². The molecule has 1 N–H and O–H groups in total. The number of carbonyl (C=O) groups is 1. The Bertz CT molecular complexity index is 251. The number of likely N-dealkylation sites (tertiary alicyclic amines) is 1. The molecule has 0 bridgehead atoms. The number of rotatable bonds is 6. The summed E-state index contributed by atoms with van der Waals surface area (Å²) >= 11 is 0. The van der Waals surface area contributed by atoms with Gasteiger partial charge in [0.25, 0.3) is 0 Å². The first-order valence-electron chi connectivity index (χ1n) is 6.91. The van der Waals surface area contributed by atoms with E-state index in [-0.39, 0.29) is 0 Å². The molecule has 0 aromatic heterocycles. The van der Waals surface area contributed by atoms with Gasteiger partial charge in [-0.1, -0.05) is 13.3 Å². The van der Waals surface area contributed by atoms with E-state index in [1.807, 2.05) is 13.8 Å². The van der Waals surface area contributed by atoms with Crippen LogP contribution in [0.15, 0.2) is 0 Å². The number of nitrogens with zero attached hydrogens (tertiary/aromatic N) is 1. The zero-order valence-corrected chi connectivity index (χ0v) is 11.5. The van der Waals surface area contributed by atoms with E-state index in [1.54, 1.807) is 0 Å². The molecule has 1 atom stereocenters. The van der Waals surface area contributed by atoms with Gasteiger partial charge in [0, 0.05) is 6.54 Å². The maximum absolute atomic E-state index is 11.0. The van der Waals surface area contributed by atoms with Gasteiger partial charge in [0.15, 0.2) is 0 Å². The van der Waals surface area contributed by atoms with Crippen LogP contribution in [0.1, 0.15) is 52.9 Å². The van der Waals surface area contributed by atoms with Crippen molar-refractivity contribution in [2.45, 2.75) is 52.9 Å². The van der Waals surface area contributed by atoms with Crippen LogP contribution in [0.25, 0.3) is 0 Å². The highest BCUT2D eigenvalue weighted by Crippen LogP contribution is 2.24. The first kappa shape index (κ1) is 14.5. The third-order valence-corrected chi connectivity index (χ3v) is 4.04. The third-order valence-electron chi connectivity index (χ3n) is 4.04. The molecule has 0 saturated carbocycles. The maximum Gasteiger partial charge on any atom is 0.309 e. The molecule has 3 heteroatoms. The van der Waals surface area contributed by atoms with E-state index in [1.165, 1.54) is 32.4 Å². The summed E-state index contributed by atoms with van der Waals surface area (Å²) in [6.45, 7) is 9.38. The Balaban J connectivity index is 2.24. The highest BCUT2D eigenvalue weighted by molar-refractivity contribution is 5.73. The van der Waals surface area contributed by atoms with Gasteiger partial charge in [-0.15, -0.1) is 0 Å². The Labute approximate surface area is 105 Å². The summed E-state index contributed by atoms with van der Waals surface area (Å²) in [5, 5.41) is 9.04. The number of hydrogen-bond acceptors (Lipinski definition) is 2. The molecule has 0 aromatic carbocycles. The summed E-state index contributed by atoms with van der Waals surface area (Å²) < 4.78 is 0. The SMILES string of the molecule is CCC1CCCN(CCCC(C)(C)C(=O)O)C1. The molecule has 0 aliphatic carbocycles. The Kier molecular flexibility index (Phi) is 5.44. The van der Waals surface area contributed by atoms with Crippen LogP contribution in [0.5, 0.6) is 0 Å². The Morgan fingerprint density at radius 1 is 1.47 bits per heavy atom. The van der Waals surface area contributed by atoms with Gasteiger partial charge in [0.1, 0.15) is 0 Å². The number of carboxylic acids is 1. The van der Waals surface area contributed by atoms with Gasteiger partial charge < -0.3 is 10.0 Å². The third kappa shape index (κ3) is 4.66. The highest BCUT2D eigenvalue weighted by Gasteiger charge is 2.27. The van der Waals surface area contributed by atoms with Gasteiger partial charge in [-0.2, -0.15) is 0 Å². The van der Waals surface area contributed by atoms with Crippen molar-refractivity contribution in [2.75, 3.05) is 19.6 Å². The Hall–Kier alpha value is -0.570. The molecule has 0 radical (unpaired) electrons. The van der Waals surface area contributed by atoms with Crippen molar-refractivity contribution in [1.29, 1.82) is 0 Å². The second-order valence-corrected chi connectivity index (χ2v) is 6.01. The number of hydrogen-bond donors (Lipinski definition) is 1. The van der Waals surface area contributed by atoms with Crippen molar-refractivity contribution in [3.8, 4) is 0 Å². The largest absolute Gasteiger partial charge is 0.481 e. The molecule has 1 rings (SSSR count). The maximum atomic E-state index is 11.0. The Morgan fingerprint density at radius 2 is 2.18 bits per heavy atom. The summed E-state index contributed by atoms with van der Waals surface area (Å²) in [6, 6.07) is 0. The molecule has 1 aliphatic rings. The molecule has 1 unspecified atom stereocenters. The van der Waals surface area contributed by atoms with Crippen LogP contribution in [0, 0.1) is 11.3 Å². The van der Waals surface area contributed by atoms with Crippen molar-refractivity contribution >= 4 is 5.97 Å². The van der Waals surface area contributed by atoms with Crippen molar-refractivity contribution in [2.24, 2.45) is 11.3 Å². The van der Waals surface area contributed by atoms with Gasteiger partial charge in [0.2, 0.25) is 0 Å². The fourth-order valence-corrected chi connectivity index (χ4v) is 2.54. The smallest absolute Gasteiger partial charge is 0.309 e. The van der Waals surface area contributed by atoms with E-state index < -0.39 is 11.4 Å². The molecule has 0 spiro atoms. The standard InChI is InChI=1S/C14H27NO2/c1-4-12-7-5-9-15(11-12)10-6-8-14(2,3)13(16)17/h12H,4-11H2,1-3H3,(H,16,17). The van der Waals surface area contributed by atoms with E-state index in [9.17, 15) is 4.79 Å². The van der Waals surface area contributed by atoms with E-state index in [0.717, 1.165) is 25.3 Å². The molecule has 0 aromatic rings. The average molecular weight is 241 g/mol. The lowest BCUT2D eigenvalue weighted by Gasteiger charge is -2.32. The van der Waals surface area contributed by atoms with Gasteiger partial charge >= 0.3 is 5.97 Å². The summed E-state index contributed by atoms with van der Waals surface area (Å²) in [6.07, 6.45) is 5.72. The van der Waals surface area contributed by atoms with Crippen molar-refractivity contribution in [3.63, 3.8) is 0 Å².